The monoisotopic (exact) mass is 290 g/mol. The van der Waals surface area contributed by atoms with Crippen molar-refractivity contribution in [1.82, 2.24) is 10.6 Å². The van der Waals surface area contributed by atoms with Crippen LogP contribution in [0, 0.1) is 6.92 Å². The van der Waals surface area contributed by atoms with Gasteiger partial charge in [-0.1, -0.05) is 19.1 Å². The van der Waals surface area contributed by atoms with Gasteiger partial charge in [0.05, 0.1) is 0 Å². The molecule has 4 heteroatoms. The molecule has 1 aromatic rings. The molecule has 1 atom stereocenters. The van der Waals surface area contributed by atoms with Gasteiger partial charge in [0.1, 0.15) is 5.75 Å². The molecule has 0 aliphatic heterocycles. The molecular formula is C17H26N2O2. The molecule has 2 N–H and O–H groups in total. The van der Waals surface area contributed by atoms with E-state index in [4.69, 9.17) is 4.74 Å². The van der Waals surface area contributed by atoms with E-state index in [0.29, 0.717) is 12.1 Å². The molecule has 0 spiro atoms. The van der Waals surface area contributed by atoms with Gasteiger partial charge < -0.3 is 15.4 Å². The first-order chi connectivity index (χ1) is 10.1. The molecule has 1 aromatic carbocycles. The summed E-state index contributed by atoms with van der Waals surface area (Å²) in [5.41, 5.74) is 2.31. The SMILES string of the molecule is CCCNC(C)c1ccc(OCC(=O)NC2CC2)c(C)c1. The van der Waals surface area contributed by atoms with Crippen LogP contribution in [-0.4, -0.2) is 25.1 Å². The van der Waals surface area contributed by atoms with E-state index in [9.17, 15) is 4.79 Å². The number of carbonyl (C=O) groups excluding carboxylic acids is 1. The molecule has 1 unspecified atom stereocenters. The van der Waals surface area contributed by atoms with Crippen LogP contribution in [0.5, 0.6) is 5.75 Å². The quantitative estimate of drug-likeness (QED) is 0.774. The molecule has 1 saturated carbocycles. The van der Waals surface area contributed by atoms with Gasteiger partial charge in [0.2, 0.25) is 0 Å². The van der Waals surface area contributed by atoms with Crippen molar-refractivity contribution < 1.29 is 9.53 Å². The van der Waals surface area contributed by atoms with Crippen molar-refractivity contribution in [3.63, 3.8) is 0 Å². The van der Waals surface area contributed by atoms with Crippen molar-refractivity contribution in [3.05, 3.63) is 29.3 Å². The minimum Gasteiger partial charge on any atom is -0.484 e. The molecule has 2 rings (SSSR count). The van der Waals surface area contributed by atoms with Crippen molar-refractivity contribution in [2.45, 2.75) is 52.1 Å². The highest BCUT2D eigenvalue weighted by Crippen LogP contribution is 2.23. The van der Waals surface area contributed by atoms with E-state index in [1.54, 1.807) is 0 Å². The third-order valence-electron chi connectivity index (χ3n) is 3.70. The highest BCUT2D eigenvalue weighted by Gasteiger charge is 2.23. The molecular weight excluding hydrogens is 264 g/mol. The lowest BCUT2D eigenvalue weighted by Gasteiger charge is -2.16. The van der Waals surface area contributed by atoms with Crippen LogP contribution in [0.4, 0.5) is 0 Å². The fourth-order valence-electron chi connectivity index (χ4n) is 2.22. The van der Waals surface area contributed by atoms with E-state index in [2.05, 4.69) is 36.6 Å². The maximum Gasteiger partial charge on any atom is 0.258 e. The van der Waals surface area contributed by atoms with E-state index in [-0.39, 0.29) is 12.5 Å². The molecule has 0 radical (unpaired) electrons. The topological polar surface area (TPSA) is 50.4 Å². The molecule has 0 bridgehead atoms. The summed E-state index contributed by atoms with van der Waals surface area (Å²) in [4.78, 5) is 11.6. The molecule has 116 valence electrons. The summed E-state index contributed by atoms with van der Waals surface area (Å²) in [6, 6.07) is 6.86. The van der Waals surface area contributed by atoms with Gasteiger partial charge in [0.15, 0.2) is 6.61 Å². The van der Waals surface area contributed by atoms with Crippen LogP contribution in [0.25, 0.3) is 0 Å². The number of benzene rings is 1. The summed E-state index contributed by atoms with van der Waals surface area (Å²) in [7, 11) is 0. The van der Waals surface area contributed by atoms with Crippen molar-refractivity contribution in [3.8, 4) is 5.75 Å². The first-order valence-electron chi connectivity index (χ1n) is 7.86. The van der Waals surface area contributed by atoms with Crippen molar-refractivity contribution in [2.24, 2.45) is 0 Å². The number of hydrogen-bond acceptors (Lipinski definition) is 3. The molecule has 0 aromatic heterocycles. The second-order valence-corrected chi connectivity index (χ2v) is 5.83. The lowest BCUT2D eigenvalue weighted by Crippen LogP contribution is -2.30. The van der Waals surface area contributed by atoms with Gasteiger partial charge in [-0.25, -0.2) is 0 Å². The Labute approximate surface area is 127 Å². The lowest BCUT2D eigenvalue weighted by molar-refractivity contribution is -0.123. The number of nitrogens with one attached hydrogen (secondary N) is 2. The van der Waals surface area contributed by atoms with Gasteiger partial charge >= 0.3 is 0 Å². The molecule has 1 fully saturated rings. The van der Waals surface area contributed by atoms with E-state index < -0.39 is 0 Å². The Kier molecular flexibility index (Phi) is 5.62. The number of ether oxygens (including phenoxy) is 1. The second kappa shape index (κ2) is 7.46. The van der Waals surface area contributed by atoms with Crippen LogP contribution in [0.15, 0.2) is 18.2 Å². The van der Waals surface area contributed by atoms with E-state index in [0.717, 1.165) is 37.1 Å². The minimum absolute atomic E-state index is 0.0287. The highest BCUT2D eigenvalue weighted by molar-refractivity contribution is 5.78. The van der Waals surface area contributed by atoms with Crippen LogP contribution in [0.2, 0.25) is 0 Å². The van der Waals surface area contributed by atoms with Crippen LogP contribution in [0.1, 0.15) is 50.3 Å². The summed E-state index contributed by atoms with van der Waals surface area (Å²) in [6.45, 7) is 7.45. The summed E-state index contributed by atoms with van der Waals surface area (Å²) in [5, 5.41) is 6.39. The largest absolute Gasteiger partial charge is 0.484 e. The van der Waals surface area contributed by atoms with Gasteiger partial charge in [-0.05, 0) is 56.8 Å². The average Bonchev–Trinajstić information content (AvgIpc) is 3.27. The van der Waals surface area contributed by atoms with Crippen LogP contribution < -0.4 is 15.4 Å². The maximum atomic E-state index is 11.6. The molecule has 0 heterocycles. The Morgan fingerprint density at radius 1 is 1.43 bits per heavy atom. The van der Waals surface area contributed by atoms with Crippen LogP contribution in [-0.2, 0) is 4.79 Å². The number of rotatable bonds is 8. The summed E-state index contributed by atoms with van der Waals surface area (Å²) >= 11 is 0. The molecule has 21 heavy (non-hydrogen) atoms. The lowest BCUT2D eigenvalue weighted by atomic mass is 10.0. The predicted octanol–water partition coefficient (Wildman–Crippen LogP) is 2.71. The van der Waals surface area contributed by atoms with Gasteiger partial charge in [0, 0.05) is 12.1 Å². The zero-order valence-corrected chi connectivity index (χ0v) is 13.2. The Morgan fingerprint density at radius 2 is 2.19 bits per heavy atom. The normalized spacial score (nSPS) is 15.6. The van der Waals surface area contributed by atoms with Crippen LogP contribution >= 0.6 is 0 Å². The second-order valence-electron chi connectivity index (χ2n) is 5.83. The zero-order chi connectivity index (χ0) is 15.2. The molecule has 1 amide bonds. The van der Waals surface area contributed by atoms with Gasteiger partial charge in [0.25, 0.3) is 5.91 Å². The van der Waals surface area contributed by atoms with E-state index in [1.807, 2.05) is 13.0 Å². The Morgan fingerprint density at radius 3 is 2.81 bits per heavy atom. The average molecular weight is 290 g/mol. The smallest absolute Gasteiger partial charge is 0.258 e. The minimum atomic E-state index is -0.0287. The summed E-state index contributed by atoms with van der Waals surface area (Å²) in [6.07, 6.45) is 3.32. The van der Waals surface area contributed by atoms with Crippen LogP contribution in [0.3, 0.4) is 0 Å². The van der Waals surface area contributed by atoms with Gasteiger partial charge in [-0.2, -0.15) is 0 Å². The number of carbonyl (C=O) groups is 1. The number of hydrogen-bond donors (Lipinski definition) is 2. The zero-order valence-electron chi connectivity index (χ0n) is 13.2. The fraction of sp³-hybridized carbons (Fsp3) is 0.588. The molecule has 1 aliphatic carbocycles. The maximum absolute atomic E-state index is 11.6. The molecule has 1 aliphatic rings. The molecule has 4 nitrogen and oxygen atoms in total. The van der Waals surface area contributed by atoms with E-state index >= 15 is 0 Å². The summed E-state index contributed by atoms with van der Waals surface area (Å²) < 4.78 is 5.61. The third-order valence-corrected chi connectivity index (χ3v) is 3.70. The predicted molar refractivity (Wildman–Crippen MR) is 84.5 cm³/mol. The van der Waals surface area contributed by atoms with Crippen molar-refractivity contribution in [1.29, 1.82) is 0 Å². The molecule has 0 saturated heterocycles. The summed E-state index contributed by atoms with van der Waals surface area (Å²) in [5.74, 6) is 0.756. The Balaban J connectivity index is 1.87. The highest BCUT2D eigenvalue weighted by atomic mass is 16.5. The third kappa shape index (κ3) is 5.05. The van der Waals surface area contributed by atoms with E-state index in [1.165, 1.54) is 5.56 Å². The standard InChI is InChI=1S/C17H26N2O2/c1-4-9-18-13(3)14-5-8-16(12(2)10-14)21-11-17(20)19-15-6-7-15/h5,8,10,13,15,18H,4,6-7,9,11H2,1-3H3,(H,19,20). The number of aryl methyl sites for hydroxylation is 1. The fourth-order valence-corrected chi connectivity index (χ4v) is 2.22. The van der Waals surface area contributed by atoms with Gasteiger partial charge in [-0.3, -0.25) is 4.79 Å². The first-order valence-corrected chi connectivity index (χ1v) is 7.86. The Bertz CT molecular complexity index is 484. The number of amides is 1. The van der Waals surface area contributed by atoms with Gasteiger partial charge in [-0.15, -0.1) is 0 Å². The first kappa shape index (κ1) is 15.8. The van der Waals surface area contributed by atoms with Crippen molar-refractivity contribution >= 4 is 5.91 Å². The Hall–Kier alpha value is -1.55. The van der Waals surface area contributed by atoms with Crippen molar-refractivity contribution in [2.75, 3.05) is 13.2 Å².